The Morgan fingerprint density at radius 3 is 2.70 bits per heavy atom. The number of nitrogens with two attached hydrogens (primary N) is 1. The first-order valence-electron chi connectivity index (χ1n) is 9.37. The Balaban J connectivity index is 1.92. The number of rotatable bonds is 8. The Hall–Kier alpha value is -3.48. The molecule has 0 unspecified atom stereocenters. The van der Waals surface area contributed by atoms with E-state index in [0.29, 0.717) is 29.4 Å². The summed E-state index contributed by atoms with van der Waals surface area (Å²) in [6.45, 7) is 3.73. The number of pyridine rings is 1. The largest absolute Gasteiger partial charge is 0.493 e. The van der Waals surface area contributed by atoms with Crippen LogP contribution in [0.4, 0.5) is 0 Å². The average Bonchev–Trinajstić information content (AvgIpc) is 3.16. The van der Waals surface area contributed by atoms with Gasteiger partial charge in [0.15, 0.2) is 11.6 Å². The Bertz CT molecular complexity index is 1070. The van der Waals surface area contributed by atoms with E-state index in [2.05, 4.69) is 21.6 Å². The second-order valence-electron chi connectivity index (χ2n) is 7.41. The van der Waals surface area contributed by atoms with Crippen LogP contribution >= 0.6 is 0 Å². The number of amides is 1. The van der Waals surface area contributed by atoms with E-state index in [1.54, 1.807) is 30.5 Å². The van der Waals surface area contributed by atoms with E-state index in [9.17, 15) is 10.1 Å². The van der Waals surface area contributed by atoms with Gasteiger partial charge < -0.3 is 20.5 Å². The maximum atomic E-state index is 12.6. The SMILES string of the molecule is COc1cc(C#N)cn2c([C@@H](COCc3ccccc3)NC(=O)C(C)(C)N)nnc12. The Morgan fingerprint density at radius 2 is 2.07 bits per heavy atom. The van der Waals surface area contributed by atoms with Crippen molar-refractivity contribution in [1.82, 2.24) is 19.9 Å². The molecule has 0 fully saturated rings. The van der Waals surface area contributed by atoms with Gasteiger partial charge in [-0.3, -0.25) is 9.20 Å². The van der Waals surface area contributed by atoms with Gasteiger partial charge in [0.2, 0.25) is 11.6 Å². The van der Waals surface area contributed by atoms with Gasteiger partial charge in [-0.05, 0) is 19.4 Å². The molecule has 0 aliphatic rings. The molecule has 3 rings (SSSR count). The number of nitrogens with zero attached hydrogens (tertiary/aromatic N) is 4. The van der Waals surface area contributed by atoms with Crippen LogP contribution in [0, 0.1) is 11.3 Å². The monoisotopic (exact) mass is 408 g/mol. The minimum Gasteiger partial charge on any atom is -0.493 e. The highest BCUT2D eigenvalue weighted by Crippen LogP contribution is 2.23. The molecule has 156 valence electrons. The van der Waals surface area contributed by atoms with E-state index in [4.69, 9.17) is 15.2 Å². The summed E-state index contributed by atoms with van der Waals surface area (Å²) in [6.07, 6.45) is 1.59. The van der Waals surface area contributed by atoms with Crippen LogP contribution in [0.5, 0.6) is 5.75 Å². The fourth-order valence-electron chi connectivity index (χ4n) is 2.82. The summed E-state index contributed by atoms with van der Waals surface area (Å²) in [7, 11) is 1.49. The molecule has 3 N–H and O–H groups in total. The molecule has 30 heavy (non-hydrogen) atoms. The van der Waals surface area contributed by atoms with E-state index in [-0.39, 0.29) is 12.5 Å². The van der Waals surface area contributed by atoms with Gasteiger partial charge in [0, 0.05) is 12.3 Å². The number of nitriles is 1. The molecule has 2 aromatic heterocycles. The number of nitrogens with one attached hydrogen (secondary N) is 1. The Morgan fingerprint density at radius 1 is 1.33 bits per heavy atom. The van der Waals surface area contributed by atoms with E-state index in [1.165, 1.54) is 7.11 Å². The van der Waals surface area contributed by atoms with Gasteiger partial charge in [0.25, 0.3) is 0 Å². The predicted octanol–water partition coefficient (Wildman–Crippen LogP) is 1.72. The quantitative estimate of drug-likeness (QED) is 0.581. The smallest absolute Gasteiger partial charge is 0.240 e. The van der Waals surface area contributed by atoms with Crippen LogP contribution in [0.25, 0.3) is 5.65 Å². The number of ether oxygens (including phenoxy) is 2. The maximum Gasteiger partial charge on any atom is 0.240 e. The zero-order valence-corrected chi connectivity index (χ0v) is 17.1. The van der Waals surface area contributed by atoms with Crippen molar-refractivity contribution in [2.75, 3.05) is 13.7 Å². The van der Waals surface area contributed by atoms with Crippen LogP contribution in [0.1, 0.15) is 36.8 Å². The average molecular weight is 408 g/mol. The molecule has 1 atom stereocenters. The summed E-state index contributed by atoms with van der Waals surface area (Å²) < 4.78 is 12.8. The molecule has 0 radical (unpaired) electrons. The van der Waals surface area contributed by atoms with E-state index in [1.807, 2.05) is 30.3 Å². The summed E-state index contributed by atoms with van der Waals surface area (Å²) in [5, 5.41) is 20.6. The third-order valence-electron chi connectivity index (χ3n) is 4.44. The number of carbonyl (C=O) groups excluding carboxylic acids is 1. The van der Waals surface area contributed by atoms with Crippen LogP contribution in [-0.2, 0) is 16.1 Å². The van der Waals surface area contributed by atoms with Crippen molar-refractivity contribution in [2.24, 2.45) is 5.73 Å². The summed E-state index contributed by atoms with van der Waals surface area (Å²) in [5.41, 5.74) is 6.66. The highest BCUT2D eigenvalue weighted by atomic mass is 16.5. The van der Waals surface area contributed by atoms with Gasteiger partial charge in [0.05, 0.1) is 31.4 Å². The number of carbonyl (C=O) groups is 1. The van der Waals surface area contributed by atoms with Crippen molar-refractivity contribution in [2.45, 2.75) is 32.0 Å². The van der Waals surface area contributed by atoms with E-state index < -0.39 is 11.6 Å². The van der Waals surface area contributed by atoms with Crippen molar-refractivity contribution >= 4 is 11.6 Å². The van der Waals surface area contributed by atoms with Crippen molar-refractivity contribution < 1.29 is 14.3 Å². The van der Waals surface area contributed by atoms with Crippen molar-refractivity contribution in [3.63, 3.8) is 0 Å². The lowest BCUT2D eigenvalue weighted by Gasteiger charge is -2.23. The van der Waals surface area contributed by atoms with Gasteiger partial charge in [-0.15, -0.1) is 10.2 Å². The first kappa shape index (κ1) is 21.2. The molecule has 0 aliphatic carbocycles. The first-order valence-corrected chi connectivity index (χ1v) is 9.37. The molecule has 9 heteroatoms. The van der Waals surface area contributed by atoms with Crippen LogP contribution < -0.4 is 15.8 Å². The minimum absolute atomic E-state index is 0.136. The third kappa shape index (κ3) is 4.74. The molecule has 3 aromatic rings. The standard InChI is InChI=1S/C21H24N6O3/c1-21(2,23)20(28)24-16(13-30-12-14-7-5-4-6-8-14)18-25-26-19-17(29-3)9-15(10-22)11-27(18)19/h4-9,11,16H,12-13,23H2,1-3H3,(H,24,28)/t16-/m1/s1. The minimum atomic E-state index is -1.09. The number of fused-ring (bicyclic) bond motifs is 1. The number of hydrogen-bond acceptors (Lipinski definition) is 7. The fraction of sp³-hybridized carbons (Fsp3) is 0.333. The molecule has 2 heterocycles. The van der Waals surface area contributed by atoms with Crippen LogP contribution in [0.2, 0.25) is 0 Å². The molecular formula is C21H24N6O3. The van der Waals surface area contributed by atoms with Crippen molar-refractivity contribution in [1.29, 1.82) is 5.26 Å². The summed E-state index contributed by atoms with van der Waals surface area (Å²) in [4.78, 5) is 12.6. The Kier molecular flexibility index (Phi) is 6.30. The number of aromatic nitrogens is 3. The topological polar surface area (TPSA) is 128 Å². The summed E-state index contributed by atoms with van der Waals surface area (Å²) in [6, 6.07) is 12.7. The first-order chi connectivity index (χ1) is 14.3. The highest BCUT2D eigenvalue weighted by molar-refractivity contribution is 5.85. The van der Waals surface area contributed by atoms with E-state index >= 15 is 0 Å². The lowest BCUT2D eigenvalue weighted by Crippen LogP contribution is -2.50. The maximum absolute atomic E-state index is 12.6. The van der Waals surface area contributed by atoms with Gasteiger partial charge in [-0.2, -0.15) is 5.26 Å². The van der Waals surface area contributed by atoms with Gasteiger partial charge in [0.1, 0.15) is 12.1 Å². The van der Waals surface area contributed by atoms with Gasteiger partial charge in [-0.1, -0.05) is 30.3 Å². The molecule has 0 aliphatic heterocycles. The predicted molar refractivity (Wildman–Crippen MR) is 110 cm³/mol. The van der Waals surface area contributed by atoms with Crippen molar-refractivity contribution in [3.05, 3.63) is 59.5 Å². The molecule has 1 aromatic carbocycles. The third-order valence-corrected chi connectivity index (χ3v) is 4.44. The summed E-state index contributed by atoms with van der Waals surface area (Å²) >= 11 is 0. The normalized spacial score (nSPS) is 12.4. The van der Waals surface area contributed by atoms with Gasteiger partial charge >= 0.3 is 0 Å². The van der Waals surface area contributed by atoms with Crippen LogP contribution in [-0.4, -0.2) is 39.8 Å². The Labute approximate surface area is 174 Å². The highest BCUT2D eigenvalue weighted by Gasteiger charge is 2.28. The second kappa shape index (κ2) is 8.90. The molecule has 0 saturated heterocycles. The van der Waals surface area contributed by atoms with Crippen LogP contribution in [0.15, 0.2) is 42.6 Å². The second-order valence-corrected chi connectivity index (χ2v) is 7.41. The lowest BCUT2D eigenvalue weighted by atomic mass is 10.1. The molecular weight excluding hydrogens is 384 g/mol. The van der Waals surface area contributed by atoms with Crippen LogP contribution in [0.3, 0.4) is 0 Å². The summed E-state index contributed by atoms with van der Waals surface area (Å²) in [5.74, 6) is 0.448. The van der Waals surface area contributed by atoms with E-state index in [0.717, 1.165) is 5.56 Å². The lowest BCUT2D eigenvalue weighted by molar-refractivity contribution is -0.126. The zero-order valence-electron chi connectivity index (χ0n) is 17.1. The number of benzene rings is 1. The molecule has 1 amide bonds. The molecule has 0 bridgehead atoms. The zero-order chi connectivity index (χ0) is 21.7. The molecule has 9 nitrogen and oxygen atoms in total. The number of hydrogen-bond donors (Lipinski definition) is 2. The fourth-order valence-corrected chi connectivity index (χ4v) is 2.82. The number of methoxy groups -OCH3 is 1. The molecule has 0 spiro atoms. The molecule has 0 saturated carbocycles. The van der Waals surface area contributed by atoms with Gasteiger partial charge in [-0.25, -0.2) is 0 Å². The van der Waals surface area contributed by atoms with Crippen molar-refractivity contribution in [3.8, 4) is 11.8 Å².